The van der Waals surface area contributed by atoms with Crippen LogP contribution in [0.5, 0.6) is 0 Å². The molecule has 3 heteroatoms. The first-order valence-electron chi connectivity index (χ1n) is 7.35. The van der Waals surface area contributed by atoms with Gasteiger partial charge in [0.15, 0.2) is 0 Å². The number of aryl methyl sites for hydroxylation is 1. The number of fused-ring (bicyclic) bond motifs is 1. The van der Waals surface area contributed by atoms with Crippen molar-refractivity contribution >= 4 is 28.3 Å². The Bertz CT molecular complexity index is 628. The first-order chi connectivity index (χ1) is 9.52. The first kappa shape index (κ1) is 13.7. The molecule has 0 amide bonds. The molecular formula is C17H21ClN2. The van der Waals surface area contributed by atoms with Crippen LogP contribution in [0.4, 0.5) is 5.82 Å². The van der Waals surface area contributed by atoms with Gasteiger partial charge < -0.3 is 4.90 Å². The van der Waals surface area contributed by atoms with Crippen LogP contribution in [0.25, 0.3) is 10.9 Å². The van der Waals surface area contributed by atoms with Crippen molar-refractivity contribution in [1.29, 1.82) is 0 Å². The fraction of sp³-hybridized carbons (Fsp3) is 0.471. The van der Waals surface area contributed by atoms with Crippen LogP contribution in [0.2, 0.25) is 5.02 Å². The van der Waals surface area contributed by atoms with Crippen molar-refractivity contribution in [1.82, 2.24) is 4.98 Å². The average molecular weight is 289 g/mol. The summed E-state index contributed by atoms with van der Waals surface area (Å²) < 4.78 is 0. The summed E-state index contributed by atoms with van der Waals surface area (Å²) in [7, 11) is 0. The van der Waals surface area contributed by atoms with E-state index in [2.05, 4.69) is 37.8 Å². The number of aromatic nitrogens is 1. The molecule has 0 bridgehead atoms. The maximum atomic E-state index is 6.10. The van der Waals surface area contributed by atoms with Gasteiger partial charge in [-0.3, -0.25) is 0 Å². The van der Waals surface area contributed by atoms with Gasteiger partial charge in [0.25, 0.3) is 0 Å². The maximum absolute atomic E-state index is 6.10. The van der Waals surface area contributed by atoms with Crippen molar-refractivity contribution in [2.75, 3.05) is 18.0 Å². The summed E-state index contributed by atoms with van der Waals surface area (Å²) in [6.07, 6.45) is 1.31. The van der Waals surface area contributed by atoms with Gasteiger partial charge >= 0.3 is 0 Å². The summed E-state index contributed by atoms with van der Waals surface area (Å²) in [4.78, 5) is 7.25. The molecule has 1 fully saturated rings. The second kappa shape index (κ2) is 5.25. The molecule has 2 atom stereocenters. The zero-order valence-electron chi connectivity index (χ0n) is 12.4. The van der Waals surface area contributed by atoms with E-state index in [4.69, 9.17) is 16.6 Å². The Balaban J connectivity index is 2.03. The van der Waals surface area contributed by atoms with Gasteiger partial charge in [0.05, 0.1) is 5.52 Å². The Morgan fingerprint density at radius 2 is 1.85 bits per heavy atom. The van der Waals surface area contributed by atoms with Crippen molar-refractivity contribution < 1.29 is 0 Å². The molecule has 1 aliphatic heterocycles. The number of halogens is 1. The summed E-state index contributed by atoms with van der Waals surface area (Å²) >= 11 is 6.10. The van der Waals surface area contributed by atoms with Gasteiger partial charge in [-0.2, -0.15) is 0 Å². The van der Waals surface area contributed by atoms with Gasteiger partial charge in [-0.15, -0.1) is 0 Å². The Labute approximate surface area is 125 Å². The van der Waals surface area contributed by atoms with Gasteiger partial charge in [-0.25, -0.2) is 4.98 Å². The third-order valence-corrected chi connectivity index (χ3v) is 4.39. The number of pyridine rings is 1. The van der Waals surface area contributed by atoms with Crippen molar-refractivity contribution in [2.24, 2.45) is 11.8 Å². The zero-order valence-corrected chi connectivity index (χ0v) is 13.1. The summed E-state index contributed by atoms with van der Waals surface area (Å²) in [5.41, 5.74) is 2.27. The van der Waals surface area contributed by atoms with E-state index < -0.39 is 0 Å². The van der Waals surface area contributed by atoms with Crippen LogP contribution in [-0.2, 0) is 0 Å². The van der Waals surface area contributed by atoms with Gasteiger partial charge in [0.2, 0.25) is 0 Å². The lowest BCUT2D eigenvalue weighted by molar-refractivity contribution is 0.355. The van der Waals surface area contributed by atoms with Gasteiger partial charge in [-0.1, -0.05) is 31.5 Å². The smallest absolute Gasteiger partial charge is 0.129 e. The molecule has 3 rings (SSSR count). The van der Waals surface area contributed by atoms with Crippen molar-refractivity contribution in [3.63, 3.8) is 0 Å². The molecule has 2 heterocycles. The second-order valence-corrected chi connectivity index (χ2v) is 6.75. The van der Waals surface area contributed by atoms with E-state index in [-0.39, 0.29) is 0 Å². The third kappa shape index (κ3) is 2.62. The molecular weight excluding hydrogens is 268 g/mol. The number of nitrogens with zero attached hydrogens (tertiary/aromatic N) is 2. The molecule has 0 N–H and O–H groups in total. The van der Waals surface area contributed by atoms with Crippen LogP contribution < -0.4 is 4.90 Å². The summed E-state index contributed by atoms with van der Waals surface area (Å²) in [5, 5.41) is 1.94. The quantitative estimate of drug-likeness (QED) is 0.757. The minimum atomic E-state index is 0.732. The molecule has 1 aliphatic rings. The fourth-order valence-corrected chi connectivity index (χ4v) is 3.54. The highest BCUT2D eigenvalue weighted by Crippen LogP contribution is 2.29. The highest BCUT2D eigenvalue weighted by Gasteiger charge is 2.23. The van der Waals surface area contributed by atoms with Crippen LogP contribution in [0.1, 0.15) is 25.8 Å². The maximum Gasteiger partial charge on any atom is 0.129 e. The average Bonchev–Trinajstić information content (AvgIpc) is 2.36. The lowest BCUT2D eigenvalue weighted by atomic mass is 9.92. The Hall–Kier alpha value is -1.28. The van der Waals surface area contributed by atoms with Gasteiger partial charge in [-0.05, 0) is 48.9 Å². The lowest BCUT2D eigenvalue weighted by Crippen LogP contribution is -2.39. The molecule has 106 valence electrons. The minimum absolute atomic E-state index is 0.732. The standard InChI is InChI=1S/C17H21ClN2/c1-11-6-12(2)10-20(9-11)17-7-13(3)15-5-4-14(18)8-16(15)19-17/h4-5,7-8,11-12H,6,9-10H2,1-3H3/t11-,12+. The highest BCUT2D eigenvalue weighted by molar-refractivity contribution is 6.31. The third-order valence-electron chi connectivity index (χ3n) is 4.16. The topological polar surface area (TPSA) is 16.1 Å². The van der Waals surface area contributed by atoms with Crippen molar-refractivity contribution in [2.45, 2.75) is 27.2 Å². The second-order valence-electron chi connectivity index (χ2n) is 6.31. The van der Waals surface area contributed by atoms with Crippen LogP contribution in [0.15, 0.2) is 24.3 Å². The highest BCUT2D eigenvalue weighted by atomic mass is 35.5. The molecule has 1 aromatic carbocycles. The molecule has 2 aromatic rings. The van der Waals surface area contributed by atoms with E-state index >= 15 is 0 Å². The first-order valence-corrected chi connectivity index (χ1v) is 7.72. The van der Waals surface area contributed by atoms with Crippen LogP contribution in [0, 0.1) is 18.8 Å². The molecule has 2 nitrogen and oxygen atoms in total. The molecule has 0 saturated carbocycles. The van der Waals surface area contributed by atoms with E-state index in [1.165, 1.54) is 17.4 Å². The van der Waals surface area contributed by atoms with E-state index in [1.54, 1.807) is 0 Å². The SMILES string of the molecule is Cc1cc(N2C[C@H](C)C[C@H](C)C2)nc2cc(Cl)ccc12. The van der Waals surface area contributed by atoms with Gasteiger partial charge in [0.1, 0.15) is 5.82 Å². The summed E-state index contributed by atoms with van der Waals surface area (Å²) in [5.74, 6) is 2.56. The van der Waals surface area contributed by atoms with Crippen molar-refractivity contribution in [3.05, 3.63) is 34.9 Å². The number of piperidine rings is 1. The predicted octanol–water partition coefficient (Wildman–Crippen LogP) is 4.68. The van der Waals surface area contributed by atoms with E-state index in [0.29, 0.717) is 0 Å². The summed E-state index contributed by atoms with van der Waals surface area (Å²) in [6, 6.07) is 8.17. The zero-order chi connectivity index (χ0) is 14.3. The molecule has 20 heavy (non-hydrogen) atoms. The number of hydrogen-bond acceptors (Lipinski definition) is 2. The van der Waals surface area contributed by atoms with Crippen molar-refractivity contribution in [3.8, 4) is 0 Å². The minimum Gasteiger partial charge on any atom is -0.356 e. The molecule has 1 saturated heterocycles. The summed E-state index contributed by atoms with van der Waals surface area (Å²) in [6.45, 7) is 9.00. The van der Waals surface area contributed by atoms with Crippen LogP contribution >= 0.6 is 11.6 Å². The molecule has 0 radical (unpaired) electrons. The number of benzene rings is 1. The molecule has 0 unspecified atom stereocenters. The monoisotopic (exact) mass is 288 g/mol. The number of anilines is 1. The largest absolute Gasteiger partial charge is 0.356 e. The molecule has 1 aromatic heterocycles. The predicted molar refractivity (Wildman–Crippen MR) is 86.6 cm³/mol. The van der Waals surface area contributed by atoms with Gasteiger partial charge in [0, 0.05) is 23.5 Å². The lowest BCUT2D eigenvalue weighted by Gasteiger charge is -2.36. The molecule has 0 aliphatic carbocycles. The van der Waals surface area contributed by atoms with Crippen LogP contribution in [0.3, 0.4) is 0 Å². The normalized spacial score (nSPS) is 23.3. The molecule has 0 spiro atoms. The number of hydrogen-bond donors (Lipinski definition) is 0. The number of rotatable bonds is 1. The van der Waals surface area contributed by atoms with Crippen LogP contribution in [-0.4, -0.2) is 18.1 Å². The Morgan fingerprint density at radius 1 is 1.15 bits per heavy atom. The van der Waals surface area contributed by atoms with E-state index in [0.717, 1.165) is 41.3 Å². The Morgan fingerprint density at radius 3 is 2.55 bits per heavy atom. The Kier molecular flexibility index (Phi) is 3.59. The fourth-order valence-electron chi connectivity index (χ4n) is 3.37. The van der Waals surface area contributed by atoms with E-state index in [1.807, 2.05) is 12.1 Å². The van der Waals surface area contributed by atoms with E-state index in [9.17, 15) is 0 Å².